The molecule has 2 aromatic heterocycles. The molecule has 0 fully saturated rings. The lowest BCUT2D eigenvalue weighted by atomic mass is 9.93. The molecule has 86 valence electrons. The lowest BCUT2D eigenvalue weighted by Gasteiger charge is -2.24. The first-order valence-corrected chi connectivity index (χ1v) is 5.71. The molecule has 0 unspecified atom stereocenters. The third kappa shape index (κ3) is 1.59. The zero-order valence-corrected chi connectivity index (χ0v) is 10.1. The number of aromatic nitrogens is 3. The number of nitrogens with zero attached hydrogens (tertiary/aromatic N) is 3. The molecule has 0 radical (unpaired) electrons. The van der Waals surface area contributed by atoms with E-state index in [-0.39, 0.29) is 5.54 Å². The van der Waals surface area contributed by atoms with Gasteiger partial charge in [0.25, 0.3) is 0 Å². The monoisotopic (exact) mass is 218 g/mol. The summed E-state index contributed by atoms with van der Waals surface area (Å²) < 4.78 is 1.99. The number of aryl methyl sites for hydroxylation is 1. The van der Waals surface area contributed by atoms with Crippen LogP contribution in [0.3, 0.4) is 0 Å². The Morgan fingerprint density at radius 1 is 1.31 bits per heavy atom. The van der Waals surface area contributed by atoms with Crippen LogP contribution < -0.4 is 5.73 Å². The molecule has 2 aromatic rings. The van der Waals surface area contributed by atoms with Gasteiger partial charge in [-0.2, -0.15) is 0 Å². The Bertz CT molecular complexity index is 497. The lowest BCUT2D eigenvalue weighted by molar-refractivity contribution is 0.384. The summed E-state index contributed by atoms with van der Waals surface area (Å²) in [7, 11) is 0. The van der Waals surface area contributed by atoms with Crippen LogP contribution in [0.5, 0.6) is 0 Å². The smallest absolute Gasteiger partial charge is 0.161 e. The van der Waals surface area contributed by atoms with Crippen molar-refractivity contribution >= 4 is 5.65 Å². The van der Waals surface area contributed by atoms with Crippen LogP contribution in [-0.2, 0) is 5.54 Å². The Morgan fingerprint density at radius 2 is 2.00 bits per heavy atom. The van der Waals surface area contributed by atoms with E-state index in [1.807, 2.05) is 29.7 Å². The summed E-state index contributed by atoms with van der Waals surface area (Å²) in [5, 5.41) is 8.41. The van der Waals surface area contributed by atoms with Crippen molar-refractivity contribution < 1.29 is 0 Å². The van der Waals surface area contributed by atoms with Gasteiger partial charge in [0.2, 0.25) is 0 Å². The Morgan fingerprint density at radius 3 is 2.62 bits per heavy atom. The van der Waals surface area contributed by atoms with Crippen molar-refractivity contribution in [1.82, 2.24) is 14.6 Å². The maximum absolute atomic E-state index is 6.34. The highest BCUT2D eigenvalue weighted by Crippen LogP contribution is 2.24. The molecule has 0 saturated carbocycles. The summed E-state index contributed by atoms with van der Waals surface area (Å²) in [6.07, 6.45) is 3.71. The summed E-state index contributed by atoms with van der Waals surface area (Å²) in [4.78, 5) is 0. The normalized spacial score (nSPS) is 12.2. The van der Waals surface area contributed by atoms with E-state index in [4.69, 9.17) is 5.73 Å². The minimum Gasteiger partial charge on any atom is -0.319 e. The van der Waals surface area contributed by atoms with Gasteiger partial charge in [-0.25, -0.2) is 0 Å². The van der Waals surface area contributed by atoms with Crippen molar-refractivity contribution in [2.24, 2.45) is 5.73 Å². The minimum atomic E-state index is -0.380. The predicted octanol–water partition coefficient (Wildman–Crippen LogP) is 2.01. The highest BCUT2D eigenvalue weighted by molar-refractivity contribution is 5.41. The van der Waals surface area contributed by atoms with Gasteiger partial charge in [-0.05, 0) is 37.5 Å². The average Bonchev–Trinajstić information content (AvgIpc) is 2.71. The maximum atomic E-state index is 6.34. The second-order valence-corrected chi connectivity index (χ2v) is 4.32. The van der Waals surface area contributed by atoms with Crippen molar-refractivity contribution in [1.29, 1.82) is 0 Å². The Hall–Kier alpha value is -1.42. The van der Waals surface area contributed by atoms with Crippen LogP contribution in [0, 0.1) is 6.92 Å². The summed E-state index contributed by atoms with van der Waals surface area (Å²) in [5.41, 5.74) is 8.01. The van der Waals surface area contributed by atoms with Gasteiger partial charge >= 0.3 is 0 Å². The molecule has 0 aromatic carbocycles. The fourth-order valence-corrected chi connectivity index (χ4v) is 1.90. The van der Waals surface area contributed by atoms with Crippen molar-refractivity contribution in [3.8, 4) is 0 Å². The van der Waals surface area contributed by atoms with Gasteiger partial charge in [-0.15, -0.1) is 10.2 Å². The number of rotatable bonds is 3. The van der Waals surface area contributed by atoms with Crippen LogP contribution >= 0.6 is 0 Å². The highest BCUT2D eigenvalue weighted by Gasteiger charge is 2.28. The van der Waals surface area contributed by atoms with Crippen LogP contribution in [-0.4, -0.2) is 14.6 Å². The van der Waals surface area contributed by atoms with Crippen molar-refractivity contribution in [2.45, 2.75) is 39.2 Å². The minimum absolute atomic E-state index is 0.380. The molecule has 0 aliphatic carbocycles. The van der Waals surface area contributed by atoms with E-state index in [1.54, 1.807) is 0 Å². The Balaban J connectivity index is 2.62. The zero-order valence-electron chi connectivity index (χ0n) is 10.1. The van der Waals surface area contributed by atoms with Gasteiger partial charge in [-0.1, -0.05) is 13.8 Å². The molecule has 0 spiro atoms. The van der Waals surface area contributed by atoms with Crippen LogP contribution in [0.25, 0.3) is 5.65 Å². The number of hydrogen-bond donors (Lipinski definition) is 1. The molecule has 4 nitrogen and oxygen atoms in total. The third-order valence-corrected chi connectivity index (χ3v) is 3.27. The van der Waals surface area contributed by atoms with Crippen molar-refractivity contribution in [2.75, 3.05) is 0 Å². The second kappa shape index (κ2) is 3.87. The molecule has 0 aliphatic rings. The first-order valence-electron chi connectivity index (χ1n) is 5.71. The third-order valence-electron chi connectivity index (χ3n) is 3.27. The van der Waals surface area contributed by atoms with Crippen LogP contribution in [0.4, 0.5) is 0 Å². The van der Waals surface area contributed by atoms with Gasteiger partial charge in [0, 0.05) is 6.20 Å². The number of pyridine rings is 1. The molecular weight excluding hydrogens is 200 g/mol. The highest BCUT2D eigenvalue weighted by atomic mass is 15.3. The molecule has 0 saturated heterocycles. The molecule has 0 amide bonds. The molecule has 2 rings (SSSR count). The summed E-state index contributed by atoms with van der Waals surface area (Å²) in [6, 6.07) is 4.06. The van der Waals surface area contributed by atoms with Gasteiger partial charge in [-0.3, -0.25) is 4.40 Å². The van der Waals surface area contributed by atoms with Gasteiger partial charge in [0.05, 0.1) is 5.54 Å². The summed E-state index contributed by atoms with van der Waals surface area (Å²) in [5.74, 6) is 0.854. The first kappa shape index (κ1) is 11.1. The first-order chi connectivity index (χ1) is 7.60. The van der Waals surface area contributed by atoms with Crippen molar-refractivity contribution in [3.05, 3.63) is 29.7 Å². The zero-order chi connectivity index (χ0) is 11.8. The molecule has 0 aliphatic heterocycles. The summed E-state index contributed by atoms with van der Waals surface area (Å²) >= 11 is 0. The molecule has 0 atom stereocenters. The number of hydrogen-bond acceptors (Lipinski definition) is 3. The maximum Gasteiger partial charge on any atom is 0.161 e. The molecule has 16 heavy (non-hydrogen) atoms. The topological polar surface area (TPSA) is 56.2 Å². The quantitative estimate of drug-likeness (QED) is 0.857. The Labute approximate surface area is 95.5 Å². The van der Waals surface area contributed by atoms with Crippen LogP contribution in [0.15, 0.2) is 18.3 Å². The van der Waals surface area contributed by atoms with E-state index >= 15 is 0 Å². The SMILES string of the molecule is CCC(N)(CC)c1nnc2cc(C)ccn12. The molecule has 4 heteroatoms. The van der Waals surface area contributed by atoms with E-state index in [0.29, 0.717) is 0 Å². The van der Waals surface area contributed by atoms with E-state index in [0.717, 1.165) is 24.3 Å². The average molecular weight is 218 g/mol. The van der Waals surface area contributed by atoms with E-state index in [1.165, 1.54) is 5.56 Å². The van der Waals surface area contributed by atoms with E-state index in [2.05, 4.69) is 24.0 Å². The van der Waals surface area contributed by atoms with E-state index in [9.17, 15) is 0 Å². The molecule has 0 bridgehead atoms. The summed E-state index contributed by atoms with van der Waals surface area (Å²) in [6.45, 7) is 6.21. The van der Waals surface area contributed by atoms with Gasteiger partial charge in [0.1, 0.15) is 0 Å². The number of fused-ring (bicyclic) bond motifs is 1. The van der Waals surface area contributed by atoms with E-state index < -0.39 is 0 Å². The molecule has 2 N–H and O–H groups in total. The largest absolute Gasteiger partial charge is 0.319 e. The van der Waals surface area contributed by atoms with Crippen molar-refractivity contribution in [3.63, 3.8) is 0 Å². The fraction of sp³-hybridized carbons (Fsp3) is 0.500. The molecular formula is C12H18N4. The lowest BCUT2D eigenvalue weighted by Crippen LogP contribution is -2.37. The Kier molecular flexibility index (Phi) is 2.68. The van der Waals surface area contributed by atoms with Gasteiger partial charge < -0.3 is 5.73 Å². The van der Waals surface area contributed by atoms with Crippen LogP contribution in [0.2, 0.25) is 0 Å². The second-order valence-electron chi connectivity index (χ2n) is 4.32. The van der Waals surface area contributed by atoms with Gasteiger partial charge in [0.15, 0.2) is 11.5 Å². The fourth-order valence-electron chi connectivity index (χ4n) is 1.90. The number of nitrogens with two attached hydrogens (primary N) is 1. The predicted molar refractivity (Wildman–Crippen MR) is 64.2 cm³/mol. The van der Waals surface area contributed by atoms with Crippen LogP contribution in [0.1, 0.15) is 38.1 Å². The molecule has 2 heterocycles. The standard InChI is InChI=1S/C12H18N4/c1-4-12(13,5-2)11-15-14-10-8-9(3)6-7-16(10)11/h6-8H,4-5,13H2,1-3H3.